The van der Waals surface area contributed by atoms with E-state index in [2.05, 4.69) is 15.0 Å². The van der Waals surface area contributed by atoms with Gasteiger partial charge in [0.2, 0.25) is 15.9 Å². The fourth-order valence-corrected chi connectivity index (χ4v) is 5.52. The predicted octanol–water partition coefficient (Wildman–Crippen LogP) is 2.48. The molecule has 1 atom stereocenters. The molecule has 190 valence electrons. The number of carbonyl (C=O) groups excluding carboxylic acids is 2. The van der Waals surface area contributed by atoms with Gasteiger partial charge in [-0.1, -0.05) is 30.3 Å². The van der Waals surface area contributed by atoms with Gasteiger partial charge in [0.15, 0.2) is 0 Å². The highest BCUT2D eigenvalue weighted by Crippen LogP contribution is 2.23. The summed E-state index contributed by atoms with van der Waals surface area (Å²) in [6, 6.07) is 14.2. The summed E-state index contributed by atoms with van der Waals surface area (Å²) >= 11 is 0. The summed E-state index contributed by atoms with van der Waals surface area (Å²) in [6.45, 7) is 2.95. The van der Waals surface area contributed by atoms with Crippen molar-refractivity contribution in [1.82, 2.24) is 15.0 Å². The minimum Gasteiger partial charge on any atom is -0.465 e. The molecule has 9 nitrogen and oxygen atoms in total. The molecule has 1 saturated heterocycles. The van der Waals surface area contributed by atoms with Gasteiger partial charge >= 0.3 is 5.97 Å². The van der Waals surface area contributed by atoms with Crippen LogP contribution < -0.4 is 14.9 Å². The number of fused-ring (bicyclic) bond motifs is 1. The molecule has 0 aliphatic carbocycles. The number of esters is 1. The van der Waals surface area contributed by atoms with Gasteiger partial charge in [-0.25, -0.2) is 8.42 Å². The van der Waals surface area contributed by atoms with Gasteiger partial charge in [-0.05, 0) is 67.9 Å². The van der Waals surface area contributed by atoms with Gasteiger partial charge in [0.1, 0.15) is 6.04 Å². The Labute approximate surface area is 210 Å². The molecule has 3 aromatic rings. The minimum absolute atomic E-state index is 0.0237. The van der Waals surface area contributed by atoms with Crippen LogP contribution in [0.2, 0.25) is 0 Å². The molecule has 0 spiro atoms. The zero-order valence-electron chi connectivity index (χ0n) is 20.1. The minimum atomic E-state index is -4.10. The van der Waals surface area contributed by atoms with E-state index in [1.165, 1.54) is 11.0 Å². The Bertz CT molecular complexity index is 1310. The molecule has 2 aromatic carbocycles. The Balaban J connectivity index is 1.64. The molecule has 10 heteroatoms. The maximum atomic E-state index is 13.5. The van der Waals surface area contributed by atoms with E-state index >= 15 is 0 Å². The summed E-state index contributed by atoms with van der Waals surface area (Å²) in [7, 11) is -4.10. The highest BCUT2D eigenvalue weighted by molar-refractivity contribution is 7.89. The Morgan fingerprint density at radius 2 is 1.78 bits per heavy atom. The lowest BCUT2D eigenvalue weighted by atomic mass is 9.96. The molecule has 1 aliphatic rings. The second-order valence-electron chi connectivity index (χ2n) is 8.61. The van der Waals surface area contributed by atoms with Crippen LogP contribution in [0.25, 0.3) is 10.8 Å². The first-order chi connectivity index (χ1) is 17.4. The Morgan fingerprint density at radius 3 is 2.47 bits per heavy atom. The van der Waals surface area contributed by atoms with Crippen molar-refractivity contribution in [3.8, 4) is 0 Å². The number of amides is 1. The lowest BCUT2D eigenvalue weighted by molar-refractivity contribution is -0.144. The molecule has 36 heavy (non-hydrogen) atoms. The van der Waals surface area contributed by atoms with E-state index in [0.717, 1.165) is 23.9 Å². The van der Waals surface area contributed by atoms with Crippen molar-refractivity contribution >= 4 is 38.4 Å². The van der Waals surface area contributed by atoms with E-state index in [0.29, 0.717) is 18.5 Å². The largest absolute Gasteiger partial charge is 0.465 e. The van der Waals surface area contributed by atoms with Crippen molar-refractivity contribution in [2.45, 2.75) is 30.7 Å². The number of aromatic nitrogens is 1. The number of carbonyl (C=O) groups is 2. The Hall–Kier alpha value is -3.34. The molecule has 0 radical (unpaired) electrons. The van der Waals surface area contributed by atoms with E-state index in [1.54, 1.807) is 43.6 Å². The molecule has 1 aliphatic heterocycles. The fourth-order valence-electron chi connectivity index (χ4n) is 4.31. The maximum absolute atomic E-state index is 13.5. The van der Waals surface area contributed by atoms with E-state index < -0.39 is 22.0 Å². The monoisotopic (exact) mass is 510 g/mol. The second kappa shape index (κ2) is 11.6. The lowest BCUT2D eigenvalue weighted by Gasteiger charge is -2.32. The van der Waals surface area contributed by atoms with Crippen LogP contribution in [0.15, 0.2) is 71.9 Å². The number of piperidine rings is 1. The molecular formula is C26H30N4O5S. The maximum Gasteiger partial charge on any atom is 0.326 e. The first-order valence-corrected chi connectivity index (χ1v) is 13.5. The predicted molar refractivity (Wildman–Crippen MR) is 137 cm³/mol. The van der Waals surface area contributed by atoms with Crippen LogP contribution in [0.4, 0.5) is 5.69 Å². The molecule has 4 rings (SSSR count). The Kier molecular flexibility index (Phi) is 8.29. The van der Waals surface area contributed by atoms with Crippen LogP contribution in [-0.2, 0) is 24.3 Å². The highest BCUT2D eigenvalue weighted by atomic mass is 32.2. The summed E-state index contributed by atoms with van der Waals surface area (Å²) in [5, 5.41) is 4.89. The van der Waals surface area contributed by atoms with Crippen molar-refractivity contribution in [2.75, 3.05) is 31.1 Å². The van der Waals surface area contributed by atoms with E-state index in [-0.39, 0.29) is 29.9 Å². The SMILES string of the molecule is CCOC(=O)C(CN(C(=O)C1CCNCC1)c1ccncc1)NS(=O)(=O)c1ccc2ccccc2c1. The molecule has 1 unspecified atom stereocenters. The summed E-state index contributed by atoms with van der Waals surface area (Å²) in [6.07, 6.45) is 4.42. The number of anilines is 1. The summed E-state index contributed by atoms with van der Waals surface area (Å²) in [5.41, 5.74) is 0.535. The molecule has 0 bridgehead atoms. The fraction of sp³-hybridized carbons (Fsp3) is 0.346. The number of sulfonamides is 1. The van der Waals surface area contributed by atoms with Gasteiger partial charge in [-0.15, -0.1) is 0 Å². The zero-order valence-corrected chi connectivity index (χ0v) is 20.9. The van der Waals surface area contributed by atoms with Crippen molar-refractivity contribution in [2.24, 2.45) is 5.92 Å². The quantitative estimate of drug-likeness (QED) is 0.425. The van der Waals surface area contributed by atoms with Crippen LogP contribution in [-0.4, -0.2) is 57.6 Å². The third kappa shape index (κ3) is 6.07. The van der Waals surface area contributed by atoms with Gasteiger partial charge in [0.25, 0.3) is 0 Å². The van der Waals surface area contributed by atoms with Crippen molar-refractivity contribution < 1.29 is 22.7 Å². The van der Waals surface area contributed by atoms with Crippen molar-refractivity contribution in [3.05, 3.63) is 67.0 Å². The van der Waals surface area contributed by atoms with E-state index in [4.69, 9.17) is 4.74 Å². The van der Waals surface area contributed by atoms with E-state index in [9.17, 15) is 18.0 Å². The topological polar surface area (TPSA) is 118 Å². The summed E-state index contributed by atoms with van der Waals surface area (Å²) in [5.74, 6) is -1.15. The first kappa shape index (κ1) is 25.7. The standard InChI is InChI=1S/C26H30N4O5S/c1-2-35-26(32)24(29-36(33,34)23-8-7-19-5-3-4-6-21(19)17-23)18-30(22-11-15-28-16-12-22)25(31)20-9-13-27-14-10-20/h3-8,11-12,15-17,20,24,27,29H,2,9-10,13-14,18H2,1H3. The van der Waals surface area contributed by atoms with E-state index in [1.807, 2.05) is 24.3 Å². The highest BCUT2D eigenvalue weighted by Gasteiger charge is 2.34. The number of hydrogen-bond acceptors (Lipinski definition) is 7. The third-order valence-corrected chi connectivity index (χ3v) is 7.66. The number of pyridine rings is 1. The van der Waals surface area contributed by atoms with Crippen molar-refractivity contribution in [1.29, 1.82) is 0 Å². The molecule has 1 aromatic heterocycles. The lowest BCUT2D eigenvalue weighted by Crippen LogP contribution is -2.52. The zero-order chi connectivity index (χ0) is 25.5. The van der Waals surface area contributed by atoms with Gasteiger partial charge < -0.3 is 15.0 Å². The van der Waals surface area contributed by atoms with Gasteiger partial charge in [0.05, 0.1) is 18.0 Å². The summed E-state index contributed by atoms with van der Waals surface area (Å²) < 4.78 is 34.4. The van der Waals surface area contributed by atoms with Crippen molar-refractivity contribution in [3.63, 3.8) is 0 Å². The number of ether oxygens (including phenoxy) is 1. The first-order valence-electron chi connectivity index (χ1n) is 12.0. The van der Waals surface area contributed by atoms with Crippen LogP contribution >= 0.6 is 0 Å². The van der Waals surface area contributed by atoms with Gasteiger partial charge in [-0.2, -0.15) is 4.72 Å². The Morgan fingerprint density at radius 1 is 1.08 bits per heavy atom. The number of nitrogens with zero attached hydrogens (tertiary/aromatic N) is 2. The third-order valence-electron chi connectivity index (χ3n) is 6.19. The smallest absolute Gasteiger partial charge is 0.326 e. The summed E-state index contributed by atoms with van der Waals surface area (Å²) in [4.78, 5) is 32.0. The molecular weight excluding hydrogens is 480 g/mol. The van der Waals surface area contributed by atoms with Crippen LogP contribution in [0.5, 0.6) is 0 Å². The number of rotatable bonds is 9. The average Bonchev–Trinajstić information content (AvgIpc) is 2.91. The van der Waals surface area contributed by atoms with Gasteiger partial charge in [0, 0.05) is 24.0 Å². The number of nitrogens with one attached hydrogen (secondary N) is 2. The molecule has 1 fully saturated rings. The second-order valence-corrected chi connectivity index (χ2v) is 10.3. The number of hydrogen-bond donors (Lipinski definition) is 2. The molecule has 2 N–H and O–H groups in total. The normalized spacial score (nSPS) is 15.4. The van der Waals surface area contributed by atoms with Crippen LogP contribution in [0.1, 0.15) is 19.8 Å². The molecule has 1 amide bonds. The van der Waals surface area contributed by atoms with Crippen LogP contribution in [0.3, 0.4) is 0 Å². The van der Waals surface area contributed by atoms with Crippen LogP contribution in [0, 0.1) is 5.92 Å². The number of benzene rings is 2. The molecule has 0 saturated carbocycles. The molecule has 2 heterocycles. The average molecular weight is 511 g/mol. The van der Waals surface area contributed by atoms with Gasteiger partial charge in [-0.3, -0.25) is 14.6 Å².